The van der Waals surface area contributed by atoms with Crippen molar-refractivity contribution in [2.24, 2.45) is 0 Å². The van der Waals surface area contributed by atoms with E-state index in [9.17, 15) is 14.9 Å². The summed E-state index contributed by atoms with van der Waals surface area (Å²) >= 11 is 2.94. The third-order valence-corrected chi connectivity index (χ3v) is 8.57. The van der Waals surface area contributed by atoms with E-state index in [1.807, 2.05) is 14.1 Å². The number of hydrogen-bond acceptors (Lipinski definition) is 7. The minimum atomic E-state index is -0.729. The van der Waals surface area contributed by atoms with Crippen LogP contribution in [0.3, 0.4) is 0 Å². The highest BCUT2D eigenvalue weighted by Gasteiger charge is 2.35. The monoisotopic (exact) mass is 473 g/mol. The van der Waals surface area contributed by atoms with Crippen molar-refractivity contribution >= 4 is 39.2 Å². The fourth-order valence-corrected chi connectivity index (χ4v) is 6.88. The van der Waals surface area contributed by atoms with Crippen LogP contribution in [0.5, 0.6) is 0 Å². The van der Waals surface area contributed by atoms with E-state index < -0.39 is 5.54 Å². The molecular formula is C23H31N5O2S2. The third-order valence-electron chi connectivity index (χ3n) is 6.41. The molecule has 1 amide bonds. The van der Waals surface area contributed by atoms with E-state index in [4.69, 9.17) is 4.98 Å². The average Bonchev–Trinajstić information content (AvgIpc) is 3.38. The van der Waals surface area contributed by atoms with Crippen LogP contribution >= 0.6 is 23.1 Å². The first-order valence-electron chi connectivity index (χ1n) is 11.5. The van der Waals surface area contributed by atoms with Gasteiger partial charge in [0.1, 0.15) is 10.4 Å². The molecule has 0 radical (unpaired) electrons. The normalized spacial score (nSPS) is 17.4. The summed E-state index contributed by atoms with van der Waals surface area (Å²) in [5, 5.41) is 13.9. The van der Waals surface area contributed by atoms with Gasteiger partial charge in [0, 0.05) is 11.4 Å². The van der Waals surface area contributed by atoms with Crippen LogP contribution in [0, 0.1) is 11.3 Å². The molecule has 0 aliphatic heterocycles. The Balaban J connectivity index is 1.59. The number of nitriles is 1. The molecule has 1 saturated carbocycles. The number of carbonyl (C=O) groups excluding carboxylic acids is 1. The molecule has 172 valence electrons. The number of carbonyl (C=O) groups is 1. The molecule has 0 atom stereocenters. The molecule has 4 rings (SSSR count). The summed E-state index contributed by atoms with van der Waals surface area (Å²) in [4.78, 5) is 35.3. The molecule has 0 unspecified atom stereocenters. The van der Waals surface area contributed by atoms with E-state index in [0.717, 1.165) is 55.3 Å². The molecule has 1 N–H and O–H groups in total. The Hall–Kier alpha value is -1.89. The van der Waals surface area contributed by atoms with Crippen LogP contribution in [0.2, 0.25) is 0 Å². The molecule has 2 aromatic rings. The molecule has 2 heterocycles. The van der Waals surface area contributed by atoms with Gasteiger partial charge < -0.3 is 10.2 Å². The molecule has 2 aliphatic rings. The summed E-state index contributed by atoms with van der Waals surface area (Å²) in [6.07, 6.45) is 8.45. The first-order chi connectivity index (χ1) is 15.4. The van der Waals surface area contributed by atoms with Gasteiger partial charge in [0.15, 0.2) is 5.16 Å². The first kappa shape index (κ1) is 23.3. The van der Waals surface area contributed by atoms with Crippen LogP contribution in [0.25, 0.3) is 10.2 Å². The molecule has 7 nitrogen and oxygen atoms in total. The highest BCUT2D eigenvalue weighted by molar-refractivity contribution is 7.99. The smallest absolute Gasteiger partial charge is 0.263 e. The quantitative estimate of drug-likeness (QED) is 0.467. The van der Waals surface area contributed by atoms with E-state index in [-0.39, 0.29) is 17.2 Å². The Labute approximate surface area is 197 Å². The Kier molecular flexibility index (Phi) is 7.23. The number of amides is 1. The predicted molar refractivity (Wildman–Crippen MR) is 129 cm³/mol. The Morgan fingerprint density at radius 2 is 2.03 bits per heavy atom. The van der Waals surface area contributed by atoms with E-state index in [2.05, 4.69) is 16.3 Å². The van der Waals surface area contributed by atoms with Crippen LogP contribution in [-0.2, 0) is 24.2 Å². The maximum atomic E-state index is 13.5. The fourth-order valence-electron chi connectivity index (χ4n) is 4.75. The lowest BCUT2D eigenvalue weighted by Gasteiger charge is -2.22. The van der Waals surface area contributed by atoms with Crippen LogP contribution < -0.4 is 10.9 Å². The van der Waals surface area contributed by atoms with E-state index in [0.29, 0.717) is 24.5 Å². The van der Waals surface area contributed by atoms with E-state index in [1.165, 1.54) is 28.6 Å². The summed E-state index contributed by atoms with van der Waals surface area (Å²) in [7, 11) is 4.04. The number of thiophene rings is 1. The fraction of sp³-hybridized carbons (Fsp3) is 0.652. The predicted octanol–water partition coefficient (Wildman–Crippen LogP) is 3.33. The number of aromatic nitrogens is 2. The number of nitrogens with one attached hydrogen (secondary N) is 1. The van der Waals surface area contributed by atoms with Crippen LogP contribution in [0.15, 0.2) is 9.95 Å². The number of nitrogens with zero attached hydrogens (tertiary/aromatic N) is 4. The van der Waals surface area contributed by atoms with Crippen LogP contribution in [0.4, 0.5) is 0 Å². The maximum absolute atomic E-state index is 13.5. The Morgan fingerprint density at radius 3 is 2.75 bits per heavy atom. The number of hydrogen-bond donors (Lipinski definition) is 1. The van der Waals surface area contributed by atoms with E-state index >= 15 is 0 Å². The zero-order valence-corrected chi connectivity index (χ0v) is 20.5. The number of thioether (sulfide) groups is 1. The highest BCUT2D eigenvalue weighted by atomic mass is 32.2. The van der Waals surface area contributed by atoms with Crippen molar-refractivity contribution < 1.29 is 4.79 Å². The van der Waals surface area contributed by atoms with Crippen molar-refractivity contribution in [3.05, 3.63) is 20.8 Å². The summed E-state index contributed by atoms with van der Waals surface area (Å²) in [6, 6.07) is 2.30. The summed E-state index contributed by atoms with van der Waals surface area (Å²) < 4.78 is 1.76. The zero-order valence-electron chi connectivity index (χ0n) is 18.9. The van der Waals surface area contributed by atoms with Gasteiger partial charge in [-0.25, -0.2) is 4.98 Å². The molecule has 0 aromatic carbocycles. The lowest BCUT2D eigenvalue weighted by molar-refractivity contribution is -0.119. The SMILES string of the molecule is CN(C)CCCn1c(SCC(=O)NC2(C#N)CCCC2)nc2sc3c(c2c1=O)CCCC3. The molecule has 1 fully saturated rings. The maximum Gasteiger partial charge on any atom is 0.263 e. The highest BCUT2D eigenvalue weighted by Crippen LogP contribution is 2.35. The van der Waals surface area contributed by atoms with Gasteiger partial charge in [-0.1, -0.05) is 11.8 Å². The van der Waals surface area contributed by atoms with Crippen molar-refractivity contribution in [2.75, 3.05) is 26.4 Å². The van der Waals surface area contributed by atoms with Gasteiger partial charge >= 0.3 is 0 Å². The van der Waals surface area contributed by atoms with Crippen LogP contribution in [0.1, 0.15) is 55.4 Å². The van der Waals surface area contributed by atoms with Crippen molar-refractivity contribution in [1.29, 1.82) is 5.26 Å². The second kappa shape index (κ2) is 9.94. The van der Waals surface area contributed by atoms with Gasteiger partial charge in [0.05, 0.1) is 17.2 Å². The van der Waals surface area contributed by atoms with Gasteiger partial charge in [0.2, 0.25) is 5.91 Å². The minimum absolute atomic E-state index is 0.0281. The number of rotatable bonds is 8. The summed E-state index contributed by atoms with van der Waals surface area (Å²) in [6.45, 7) is 1.46. The van der Waals surface area contributed by atoms with Crippen molar-refractivity contribution in [3.8, 4) is 6.07 Å². The lowest BCUT2D eigenvalue weighted by Crippen LogP contribution is -2.45. The van der Waals surface area contributed by atoms with Gasteiger partial charge in [-0.15, -0.1) is 11.3 Å². The molecule has 2 aliphatic carbocycles. The van der Waals surface area contributed by atoms with Crippen LogP contribution in [-0.4, -0.2) is 52.3 Å². The van der Waals surface area contributed by atoms with Gasteiger partial charge in [-0.2, -0.15) is 5.26 Å². The molecule has 9 heteroatoms. The van der Waals surface area contributed by atoms with Gasteiger partial charge in [-0.05, 0) is 84.0 Å². The molecule has 2 aromatic heterocycles. The van der Waals surface area contributed by atoms with Crippen molar-refractivity contribution in [3.63, 3.8) is 0 Å². The van der Waals surface area contributed by atoms with E-state index in [1.54, 1.807) is 15.9 Å². The largest absolute Gasteiger partial charge is 0.337 e. The second-order valence-electron chi connectivity index (χ2n) is 9.14. The molecule has 0 saturated heterocycles. The Bertz CT molecular complexity index is 1090. The Morgan fingerprint density at radius 1 is 1.28 bits per heavy atom. The topological polar surface area (TPSA) is 91.0 Å². The molecule has 0 bridgehead atoms. The number of fused-ring (bicyclic) bond motifs is 3. The first-order valence-corrected chi connectivity index (χ1v) is 13.3. The lowest BCUT2D eigenvalue weighted by atomic mass is 9.97. The standard InChI is InChI=1S/C23H31N5O2S2/c1-27(2)12-7-13-28-21(30)19-16-8-3-4-9-17(16)32-20(19)25-22(28)31-14-18(29)26-23(15-24)10-5-6-11-23/h3-14H2,1-2H3,(H,26,29). The van der Waals surface area contributed by atoms with Gasteiger partial charge in [0.25, 0.3) is 5.56 Å². The molecule has 32 heavy (non-hydrogen) atoms. The van der Waals surface area contributed by atoms with Gasteiger partial charge in [-0.3, -0.25) is 14.2 Å². The third kappa shape index (κ3) is 4.87. The minimum Gasteiger partial charge on any atom is -0.337 e. The summed E-state index contributed by atoms with van der Waals surface area (Å²) in [5.41, 5.74) is 0.495. The summed E-state index contributed by atoms with van der Waals surface area (Å²) in [5.74, 6) is -0.0155. The average molecular weight is 474 g/mol. The van der Waals surface area contributed by atoms with Crippen molar-refractivity contribution in [1.82, 2.24) is 19.8 Å². The molecular weight excluding hydrogens is 442 g/mol. The zero-order chi connectivity index (χ0) is 22.7. The second-order valence-corrected chi connectivity index (χ2v) is 11.2. The van der Waals surface area contributed by atoms with Crippen molar-refractivity contribution in [2.45, 2.75) is 75.0 Å². The number of aryl methyl sites for hydroxylation is 2. The molecule has 0 spiro atoms.